The van der Waals surface area contributed by atoms with Crippen molar-refractivity contribution in [2.45, 2.75) is 24.9 Å². The molecule has 1 N–H and O–H groups in total. The first-order valence-electron chi connectivity index (χ1n) is 7.54. The van der Waals surface area contributed by atoms with Gasteiger partial charge in [-0.05, 0) is 84.4 Å². The molecule has 8 rings (SSSR count). The van der Waals surface area contributed by atoms with E-state index in [1.165, 1.54) is 19.3 Å². The van der Waals surface area contributed by atoms with Gasteiger partial charge in [-0.3, -0.25) is 0 Å². The molecule has 0 aliphatic heterocycles. The molecular weight excluding hydrogens is 196 g/mol. The highest BCUT2D eigenvalue weighted by atomic mass is 16.3. The van der Waals surface area contributed by atoms with Crippen LogP contribution in [0.5, 0.6) is 0 Å². The Balaban J connectivity index is 1.53. The maximum absolute atomic E-state index is 11.4. The van der Waals surface area contributed by atoms with E-state index in [-0.39, 0.29) is 5.60 Å². The Morgan fingerprint density at radius 1 is 0.688 bits per heavy atom. The Morgan fingerprint density at radius 3 is 2.31 bits per heavy atom. The minimum atomic E-state index is -0.121. The number of rotatable bonds is 0. The molecule has 12 atom stereocenters. The zero-order valence-electron chi connectivity index (χ0n) is 9.42. The van der Waals surface area contributed by atoms with Gasteiger partial charge >= 0.3 is 0 Å². The molecule has 0 amide bonds. The third kappa shape index (κ3) is 0.429. The SMILES string of the molecule is O[C@]12C([C@@H]3[C@H]4CC5[C@@H]3[C@H]5[C@H]41)[C@@H]1C[C@H]2[C@H]2C[C@H]21. The maximum atomic E-state index is 11.4. The third-order valence-corrected chi connectivity index (χ3v) is 8.67. The quantitative estimate of drug-likeness (QED) is 0.651. The lowest BCUT2D eigenvalue weighted by Gasteiger charge is -2.42. The lowest BCUT2D eigenvalue weighted by atomic mass is 9.67. The van der Waals surface area contributed by atoms with Crippen LogP contribution in [0.15, 0.2) is 0 Å². The largest absolute Gasteiger partial charge is 0.389 e. The van der Waals surface area contributed by atoms with Crippen molar-refractivity contribution in [1.82, 2.24) is 0 Å². The molecule has 84 valence electrons. The predicted molar refractivity (Wildman–Crippen MR) is 57.2 cm³/mol. The summed E-state index contributed by atoms with van der Waals surface area (Å²) in [5.74, 6) is 10.7. The van der Waals surface area contributed by atoms with Crippen molar-refractivity contribution in [3.8, 4) is 0 Å². The van der Waals surface area contributed by atoms with Crippen molar-refractivity contribution in [3.63, 3.8) is 0 Å². The summed E-state index contributed by atoms with van der Waals surface area (Å²) in [6.45, 7) is 0. The Bertz CT molecular complexity index is 458. The average Bonchev–Trinajstić information content (AvgIpc) is 2.85. The molecule has 0 aromatic rings. The molecule has 0 aromatic heterocycles. The van der Waals surface area contributed by atoms with Gasteiger partial charge in [-0.25, -0.2) is 0 Å². The summed E-state index contributed by atoms with van der Waals surface area (Å²) >= 11 is 0. The van der Waals surface area contributed by atoms with Gasteiger partial charge in [0.1, 0.15) is 0 Å². The van der Waals surface area contributed by atoms with Gasteiger partial charge in [0.25, 0.3) is 0 Å². The molecule has 2 unspecified atom stereocenters. The maximum Gasteiger partial charge on any atom is 0.0745 e. The van der Waals surface area contributed by atoms with E-state index >= 15 is 0 Å². The number of aliphatic hydroxyl groups is 1. The van der Waals surface area contributed by atoms with Crippen molar-refractivity contribution in [2.24, 2.45) is 65.1 Å². The smallest absolute Gasteiger partial charge is 0.0745 e. The van der Waals surface area contributed by atoms with Crippen LogP contribution in [-0.4, -0.2) is 10.7 Å². The second-order valence-corrected chi connectivity index (χ2v) is 8.30. The monoisotopic (exact) mass is 214 g/mol. The van der Waals surface area contributed by atoms with Crippen molar-refractivity contribution < 1.29 is 5.11 Å². The molecule has 8 aliphatic carbocycles. The molecule has 0 saturated heterocycles. The highest BCUT2D eigenvalue weighted by Crippen LogP contribution is 2.90. The van der Waals surface area contributed by atoms with Crippen LogP contribution in [0.4, 0.5) is 0 Å². The highest BCUT2D eigenvalue weighted by Gasteiger charge is 2.90. The van der Waals surface area contributed by atoms with Gasteiger partial charge in [-0.2, -0.15) is 0 Å². The first-order valence-corrected chi connectivity index (χ1v) is 7.54. The molecule has 16 heavy (non-hydrogen) atoms. The van der Waals surface area contributed by atoms with Gasteiger partial charge in [0.05, 0.1) is 5.60 Å². The first kappa shape index (κ1) is 7.41. The Hall–Kier alpha value is -0.0400. The Labute approximate surface area is 95.6 Å². The highest BCUT2D eigenvalue weighted by molar-refractivity contribution is 5.37. The first-order chi connectivity index (χ1) is 7.82. The Kier molecular flexibility index (Phi) is 0.767. The van der Waals surface area contributed by atoms with Gasteiger partial charge in [-0.15, -0.1) is 0 Å². The molecule has 8 aliphatic rings. The van der Waals surface area contributed by atoms with E-state index in [9.17, 15) is 5.11 Å². The van der Waals surface area contributed by atoms with Crippen LogP contribution in [0, 0.1) is 65.1 Å². The van der Waals surface area contributed by atoms with Crippen molar-refractivity contribution in [1.29, 1.82) is 0 Å². The summed E-state index contributed by atoms with van der Waals surface area (Å²) in [5.41, 5.74) is -0.121. The molecule has 8 fully saturated rings. The molecule has 1 nitrogen and oxygen atoms in total. The zero-order chi connectivity index (χ0) is 9.97. The van der Waals surface area contributed by atoms with Crippen LogP contribution in [0.2, 0.25) is 0 Å². The normalized spacial score (nSPS) is 90.9. The standard InChI is InChI=1S/C15H18O/c16-15-9-3-6(4-1-5(4)9)13(15)12-8-2-7-10(12)11(7)14(8)15/h4-14,16H,1-3H2/t4-,5+,6-,7?,8-,9+,10-,11+,12-,13?,14+,15-/m1/s1. The minimum Gasteiger partial charge on any atom is -0.389 e. The average molecular weight is 214 g/mol. The fraction of sp³-hybridized carbons (Fsp3) is 1.00. The summed E-state index contributed by atoms with van der Waals surface area (Å²) in [6.07, 6.45) is 4.45. The van der Waals surface area contributed by atoms with E-state index in [0.29, 0.717) is 0 Å². The molecule has 0 spiro atoms. The summed E-state index contributed by atoms with van der Waals surface area (Å²) in [5, 5.41) is 11.4. The van der Waals surface area contributed by atoms with Gasteiger partial charge < -0.3 is 5.11 Å². The van der Waals surface area contributed by atoms with E-state index < -0.39 is 0 Å². The third-order valence-electron chi connectivity index (χ3n) is 8.67. The molecular formula is C15H18O. The number of hydrogen-bond acceptors (Lipinski definition) is 1. The molecule has 0 heterocycles. The van der Waals surface area contributed by atoms with Gasteiger partial charge in [0.15, 0.2) is 0 Å². The summed E-state index contributed by atoms with van der Waals surface area (Å²) < 4.78 is 0. The van der Waals surface area contributed by atoms with Crippen LogP contribution in [-0.2, 0) is 0 Å². The fourth-order valence-electron chi connectivity index (χ4n) is 8.81. The zero-order valence-corrected chi connectivity index (χ0v) is 9.42. The number of hydrogen-bond donors (Lipinski definition) is 1. The van der Waals surface area contributed by atoms with Gasteiger partial charge in [0.2, 0.25) is 0 Å². The Morgan fingerprint density at radius 2 is 1.44 bits per heavy atom. The predicted octanol–water partition coefficient (Wildman–Crippen LogP) is 1.76. The van der Waals surface area contributed by atoms with Crippen LogP contribution in [0.1, 0.15) is 19.3 Å². The number of fused-ring (bicyclic) bond motifs is 8. The van der Waals surface area contributed by atoms with Crippen LogP contribution < -0.4 is 0 Å². The molecule has 8 saturated carbocycles. The molecule has 8 bridgehead atoms. The lowest BCUT2D eigenvalue weighted by molar-refractivity contribution is -0.104. The summed E-state index contributed by atoms with van der Waals surface area (Å²) in [4.78, 5) is 0. The van der Waals surface area contributed by atoms with Gasteiger partial charge in [0, 0.05) is 0 Å². The summed E-state index contributed by atoms with van der Waals surface area (Å²) in [6, 6.07) is 0. The molecule has 0 radical (unpaired) electrons. The van der Waals surface area contributed by atoms with E-state index in [0.717, 1.165) is 65.1 Å². The van der Waals surface area contributed by atoms with Crippen molar-refractivity contribution in [3.05, 3.63) is 0 Å². The molecule has 1 heteroatoms. The second-order valence-electron chi connectivity index (χ2n) is 8.30. The minimum absolute atomic E-state index is 0.121. The second kappa shape index (κ2) is 1.66. The van der Waals surface area contributed by atoms with E-state index in [4.69, 9.17) is 0 Å². The van der Waals surface area contributed by atoms with Crippen molar-refractivity contribution in [2.75, 3.05) is 0 Å². The van der Waals surface area contributed by atoms with E-state index in [1.54, 1.807) is 0 Å². The topological polar surface area (TPSA) is 20.2 Å². The van der Waals surface area contributed by atoms with Crippen LogP contribution in [0.3, 0.4) is 0 Å². The van der Waals surface area contributed by atoms with E-state index in [2.05, 4.69) is 0 Å². The fourth-order valence-corrected chi connectivity index (χ4v) is 8.81. The lowest BCUT2D eigenvalue weighted by Crippen LogP contribution is -2.49. The van der Waals surface area contributed by atoms with E-state index in [1.807, 2.05) is 0 Å². The van der Waals surface area contributed by atoms with Crippen LogP contribution in [0.25, 0.3) is 0 Å². The summed E-state index contributed by atoms with van der Waals surface area (Å²) in [7, 11) is 0. The van der Waals surface area contributed by atoms with Gasteiger partial charge in [-0.1, -0.05) is 0 Å². The molecule has 0 aromatic carbocycles. The van der Waals surface area contributed by atoms with Crippen molar-refractivity contribution >= 4 is 0 Å². The van der Waals surface area contributed by atoms with Crippen LogP contribution >= 0.6 is 0 Å².